The van der Waals surface area contributed by atoms with Crippen molar-refractivity contribution < 1.29 is 4.39 Å². The van der Waals surface area contributed by atoms with Gasteiger partial charge in [0.05, 0.1) is 0 Å². The monoisotopic (exact) mass is 310 g/mol. The third-order valence-corrected chi connectivity index (χ3v) is 5.28. The molecular formula is C17H24ClFN2. The van der Waals surface area contributed by atoms with Gasteiger partial charge in [-0.3, -0.25) is 4.90 Å². The van der Waals surface area contributed by atoms with E-state index in [4.69, 9.17) is 11.6 Å². The molecule has 1 atom stereocenters. The van der Waals surface area contributed by atoms with Crippen LogP contribution in [0.1, 0.15) is 37.7 Å². The van der Waals surface area contributed by atoms with E-state index in [1.165, 1.54) is 38.2 Å². The molecule has 0 bridgehead atoms. The zero-order chi connectivity index (χ0) is 14.7. The Balaban J connectivity index is 1.61. The quantitative estimate of drug-likeness (QED) is 0.912. The van der Waals surface area contributed by atoms with E-state index in [0.717, 1.165) is 37.7 Å². The van der Waals surface area contributed by atoms with Gasteiger partial charge in [-0.05, 0) is 42.5 Å². The lowest BCUT2D eigenvalue weighted by Crippen LogP contribution is -2.53. The molecule has 1 aliphatic heterocycles. The van der Waals surface area contributed by atoms with Gasteiger partial charge in [-0.1, -0.05) is 30.9 Å². The molecule has 2 fully saturated rings. The van der Waals surface area contributed by atoms with Crippen LogP contribution in [0.2, 0.25) is 5.02 Å². The molecule has 116 valence electrons. The van der Waals surface area contributed by atoms with Crippen molar-refractivity contribution in [1.82, 2.24) is 10.2 Å². The van der Waals surface area contributed by atoms with Crippen LogP contribution in [0.4, 0.5) is 4.39 Å². The van der Waals surface area contributed by atoms with Crippen molar-refractivity contribution in [3.63, 3.8) is 0 Å². The van der Waals surface area contributed by atoms with Gasteiger partial charge in [-0.2, -0.15) is 0 Å². The molecule has 0 radical (unpaired) electrons. The zero-order valence-corrected chi connectivity index (χ0v) is 13.2. The van der Waals surface area contributed by atoms with E-state index in [0.29, 0.717) is 11.1 Å². The lowest BCUT2D eigenvalue weighted by Gasteiger charge is -2.39. The first kappa shape index (κ1) is 15.3. The summed E-state index contributed by atoms with van der Waals surface area (Å²) in [5.41, 5.74) is 0.904. The summed E-state index contributed by atoms with van der Waals surface area (Å²) in [6.45, 7) is 3.84. The van der Waals surface area contributed by atoms with Crippen LogP contribution >= 0.6 is 11.6 Å². The molecular weight excluding hydrogens is 287 g/mol. The summed E-state index contributed by atoms with van der Waals surface area (Å²) in [5.74, 6) is 0.609. The molecule has 21 heavy (non-hydrogen) atoms. The van der Waals surface area contributed by atoms with Crippen LogP contribution in [0, 0.1) is 11.7 Å². The first-order valence-corrected chi connectivity index (χ1v) is 8.50. The molecule has 2 nitrogen and oxygen atoms in total. The molecule has 0 spiro atoms. The zero-order valence-electron chi connectivity index (χ0n) is 12.5. The SMILES string of the molecule is Fc1ccc(Cl)c(CN2CCNC(C3CCCCC3)C2)c1. The van der Waals surface area contributed by atoms with E-state index in [9.17, 15) is 4.39 Å². The molecule has 1 aromatic rings. The fraction of sp³-hybridized carbons (Fsp3) is 0.647. The van der Waals surface area contributed by atoms with Gasteiger partial charge in [0.15, 0.2) is 0 Å². The standard InChI is InChI=1S/C17H24ClFN2/c18-16-7-6-15(19)10-14(16)11-21-9-8-20-17(12-21)13-4-2-1-3-5-13/h6-7,10,13,17,20H,1-5,8-9,11-12H2. The van der Waals surface area contributed by atoms with Crippen molar-refractivity contribution in [3.05, 3.63) is 34.6 Å². The van der Waals surface area contributed by atoms with Crippen molar-refractivity contribution >= 4 is 11.6 Å². The number of benzene rings is 1. The van der Waals surface area contributed by atoms with Crippen molar-refractivity contribution in [2.24, 2.45) is 5.92 Å². The third-order valence-electron chi connectivity index (χ3n) is 4.91. The number of piperazine rings is 1. The second kappa shape index (κ2) is 7.08. The Labute approximate surface area is 131 Å². The smallest absolute Gasteiger partial charge is 0.123 e. The number of halogens is 2. The predicted octanol–water partition coefficient (Wildman–Crippen LogP) is 3.83. The van der Waals surface area contributed by atoms with Gasteiger partial charge in [-0.25, -0.2) is 4.39 Å². The molecule has 1 aliphatic carbocycles. The van der Waals surface area contributed by atoms with Crippen molar-refractivity contribution in [2.45, 2.75) is 44.7 Å². The highest BCUT2D eigenvalue weighted by Crippen LogP contribution is 2.28. The molecule has 1 aromatic carbocycles. The van der Waals surface area contributed by atoms with E-state index < -0.39 is 0 Å². The number of hydrogen-bond donors (Lipinski definition) is 1. The second-order valence-corrected chi connectivity index (χ2v) is 6.84. The Morgan fingerprint density at radius 2 is 2.05 bits per heavy atom. The Morgan fingerprint density at radius 1 is 1.24 bits per heavy atom. The fourth-order valence-electron chi connectivity index (χ4n) is 3.74. The normalized spacial score (nSPS) is 25.1. The number of nitrogens with zero attached hydrogens (tertiary/aromatic N) is 1. The van der Waals surface area contributed by atoms with Crippen LogP contribution in [0.15, 0.2) is 18.2 Å². The summed E-state index contributed by atoms with van der Waals surface area (Å²) in [4.78, 5) is 2.41. The van der Waals surface area contributed by atoms with E-state index in [1.54, 1.807) is 12.1 Å². The van der Waals surface area contributed by atoms with Crippen molar-refractivity contribution in [3.8, 4) is 0 Å². The minimum Gasteiger partial charge on any atom is -0.311 e. The Bertz CT molecular complexity index is 474. The van der Waals surface area contributed by atoms with E-state index >= 15 is 0 Å². The van der Waals surface area contributed by atoms with Gasteiger partial charge in [0, 0.05) is 37.2 Å². The van der Waals surface area contributed by atoms with Crippen molar-refractivity contribution in [2.75, 3.05) is 19.6 Å². The second-order valence-electron chi connectivity index (χ2n) is 6.43. The van der Waals surface area contributed by atoms with Crippen LogP contribution < -0.4 is 5.32 Å². The van der Waals surface area contributed by atoms with Gasteiger partial charge in [-0.15, -0.1) is 0 Å². The predicted molar refractivity (Wildman–Crippen MR) is 85.1 cm³/mol. The van der Waals surface area contributed by atoms with Gasteiger partial charge < -0.3 is 5.32 Å². The van der Waals surface area contributed by atoms with Crippen molar-refractivity contribution in [1.29, 1.82) is 0 Å². The molecule has 0 aromatic heterocycles. The Kier molecular flexibility index (Phi) is 5.15. The average molecular weight is 311 g/mol. The highest BCUT2D eigenvalue weighted by Gasteiger charge is 2.28. The third kappa shape index (κ3) is 3.97. The van der Waals surface area contributed by atoms with Crippen LogP contribution in [0.25, 0.3) is 0 Å². The topological polar surface area (TPSA) is 15.3 Å². The van der Waals surface area contributed by atoms with E-state index in [2.05, 4.69) is 10.2 Å². The maximum absolute atomic E-state index is 13.4. The van der Waals surface area contributed by atoms with Crippen LogP contribution in [0.3, 0.4) is 0 Å². The minimum absolute atomic E-state index is 0.201. The first-order valence-electron chi connectivity index (χ1n) is 8.12. The molecule has 1 unspecified atom stereocenters. The first-order chi connectivity index (χ1) is 10.2. The summed E-state index contributed by atoms with van der Waals surface area (Å²) in [6, 6.07) is 5.24. The maximum atomic E-state index is 13.4. The number of hydrogen-bond acceptors (Lipinski definition) is 2. The summed E-state index contributed by atoms with van der Waals surface area (Å²) >= 11 is 6.19. The molecule has 1 saturated heterocycles. The van der Waals surface area contributed by atoms with Gasteiger partial charge in [0.25, 0.3) is 0 Å². The lowest BCUT2D eigenvalue weighted by molar-refractivity contribution is 0.141. The van der Waals surface area contributed by atoms with Crippen LogP contribution in [0.5, 0.6) is 0 Å². The Hall–Kier alpha value is -0.640. The molecule has 3 rings (SSSR count). The number of nitrogens with one attached hydrogen (secondary N) is 1. The average Bonchev–Trinajstić information content (AvgIpc) is 2.52. The molecule has 1 N–H and O–H groups in total. The summed E-state index contributed by atoms with van der Waals surface area (Å²) in [5, 5.41) is 4.35. The minimum atomic E-state index is -0.201. The Morgan fingerprint density at radius 3 is 2.86 bits per heavy atom. The summed E-state index contributed by atoms with van der Waals surface area (Å²) < 4.78 is 13.4. The maximum Gasteiger partial charge on any atom is 0.123 e. The molecule has 0 amide bonds. The number of rotatable bonds is 3. The highest BCUT2D eigenvalue weighted by atomic mass is 35.5. The van der Waals surface area contributed by atoms with E-state index in [1.807, 2.05) is 0 Å². The van der Waals surface area contributed by atoms with Crippen LogP contribution in [-0.4, -0.2) is 30.6 Å². The van der Waals surface area contributed by atoms with Gasteiger partial charge in [0.2, 0.25) is 0 Å². The summed E-state index contributed by atoms with van der Waals surface area (Å²) in [7, 11) is 0. The summed E-state index contributed by atoms with van der Waals surface area (Å²) in [6.07, 6.45) is 6.85. The fourth-order valence-corrected chi connectivity index (χ4v) is 3.92. The molecule has 1 heterocycles. The van der Waals surface area contributed by atoms with E-state index in [-0.39, 0.29) is 5.82 Å². The van der Waals surface area contributed by atoms with Gasteiger partial charge >= 0.3 is 0 Å². The lowest BCUT2D eigenvalue weighted by atomic mass is 9.83. The molecule has 2 aliphatic rings. The largest absolute Gasteiger partial charge is 0.311 e. The van der Waals surface area contributed by atoms with Gasteiger partial charge in [0.1, 0.15) is 5.82 Å². The molecule has 1 saturated carbocycles. The highest BCUT2D eigenvalue weighted by molar-refractivity contribution is 6.31. The molecule has 4 heteroatoms. The van der Waals surface area contributed by atoms with Crippen LogP contribution in [-0.2, 0) is 6.54 Å².